The van der Waals surface area contributed by atoms with Crippen LogP contribution in [0.1, 0.15) is 30.0 Å². The standard InChI is InChI=1S/C25H27NO/c1-2-21-11-9-10-16-24(21)26-18-17-25(27-20-19-26,22-12-5-3-6-13-22)23-14-7-4-8-15-23/h3-16H,2,17-20H2,1H3. The molecule has 0 bridgehead atoms. The predicted molar refractivity (Wildman–Crippen MR) is 112 cm³/mol. The number of para-hydroxylation sites is 1. The first-order valence-electron chi connectivity index (χ1n) is 9.91. The highest BCUT2D eigenvalue weighted by Crippen LogP contribution is 2.39. The Morgan fingerprint density at radius 2 is 1.37 bits per heavy atom. The van der Waals surface area contributed by atoms with Gasteiger partial charge < -0.3 is 9.64 Å². The number of hydrogen-bond donors (Lipinski definition) is 0. The van der Waals surface area contributed by atoms with Crippen molar-refractivity contribution in [2.45, 2.75) is 25.4 Å². The van der Waals surface area contributed by atoms with E-state index in [-0.39, 0.29) is 0 Å². The second-order valence-electron chi connectivity index (χ2n) is 7.13. The van der Waals surface area contributed by atoms with E-state index >= 15 is 0 Å². The van der Waals surface area contributed by atoms with Crippen LogP contribution in [0.4, 0.5) is 5.69 Å². The van der Waals surface area contributed by atoms with Gasteiger partial charge in [0.2, 0.25) is 0 Å². The molecule has 1 saturated heterocycles. The molecular formula is C25H27NO. The number of ether oxygens (including phenoxy) is 1. The second-order valence-corrected chi connectivity index (χ2v) is 7.13. The van der Waals surface area contributed by atoms with Gasteiger partial charge in [-0.05, 0) is 29.2 Å². The molecule has 1 heterocycles. The molecule has 0 radical (unpaired) electrons. The van der Waals surface area contributed by atoms with Crippen LogP contribution in [0.3, 0.4) is 0 Å². The summed E-state index contributed by atoms with van der Waals surface area (Å²) in [7, 11) is 0. The van der Waals surface area contributed by atoms with Gasteiger partial charge in [-0.25, -0.2) is 0 Å². The van der Waals surface area contributed by atoms with Gasteiger partial charge in [0.1, 0.15) is 5.60 Å². The summed E-state index contributed by atoms with van der Waals surface area (Å²) in [5.74, 6) is 0. The molecule has 0 aromatic heterocycles. The Bertz CT molecular complexity index is 820. The van der Waals surface area contributed by atoms with Crippen LogP contribution in [-0.2, 0) is 16.8 Å². The number of benzene rings is 3. The predicted octanol–water partition coefficient (Wildman–Crippen LogP) is 5.42. The fraction of sp³-hybridized carbons (Fsp3) is 0.280. The average Bonchev–Trinajstić information content (AvgIpc) is 2.99. The molecule has 0 spiro atoms. The summed E-state index contributed by atoms with van der Waals surface area (Å²) in [5.41, 5.74) is 4.84. The van der Waals surface area contributed by atoms with Crippen molar-refractivity contribution in [1.82, 2.24) is 0 Å². The van der Waals surface area contributed by atoms with Gasteiger partial charge in [0.05, 0.1) is 6.61 Å². The Morgan fingerprint density at radius 3 is 2.00 bits per heavy atom. The fourth-order valence-corrected chi connectivity index (χ4v) is 4.20. The van der Waals surface area contributed by atoms with Crippen LogP contribution in [0, 0.1) is 0 Å². The quantitative estimate of drug-likeness (QED) is 0.618. The van der Waals surface area contributed by atoms with Gasteiger partial charge in [0, 0.05) is 25.2 Å². The number of nitrogens with zero attached hydrogens (tertiary/aromatic N) is 1. The highest BCUT2D eigenvalue weighted by atomic mass is 16.5. The molecule has 1 aliphatic rings. The Kier molecular flexibility index (Phi) is 5.26. The van der Waals surface area contributed by atoms with Crippen LogP contribution in [0.25, 0.3) is 0 Å². The minimum Gasteiger partial charge on any atom is -0.369 e. The third-order valence-electron chi connectivity index (χ3n) is 5.64. The lowest BCUT2D eigenvalue weighted by molar-refractivity contribution is -0.00921. The Morgan fingerprint density at radius 1 is 0.778 bits per heavy atom. The summed E-state index contributed by atoms with van der Waals surface area (Å²) in [6.07, 6.45) is 1.98. The van der Waals surface area contributed by atoms with Crippen molar-refractivity contribution in [2.24, 2.45) is 0 Å². The third kappa shape index (κ3) is 3.50. The molecule has 2 nitrogen and oxygen atoms in total. The van der Waals surface area contributed by atoms with Gasteiger partial charge in [0.15, 0.2) is 0 Å². The lowest BCUT2D eigenvalue weighted by Crippen LogP contribution is -2.32. The highest BCUT2D eigenvalue weighted by Gasteiger charge is 2.37. The van der Waals surface area contributed by atoms with E-state index in [1.54, 1.807) is 0 Å². The van der Waals surface area contributed by atoms with Crippen LogP contribution < -0.4 is 4.90 Å². The molecule has 2 heteroatoms. The molecule has 1 aliphatic heterocycles. The average molecular weight is 357 g/mol. The lowest BCUT2D eigenvalue weighted by atomic mass is 9.83. The van der Waals surface area contributed by atoms with E-state index in [2.05, 4.69) is 96.8 Å². The van der Waals surface area contributed by atoms with E-state index in [4.69, 9.17) is 4.74 Å². The zero-order valence-electron chi connectivity index (χ0n) is 16.0. The molecule has 0 N–H and O–H groups in total. The minimum atomic E-state index is -0.390. The van der Waals surface area contributed by atoms with Crippen LogP contribution in [0.15, 0.2) is 84.9 Å². The van der Waals surface area contributed by atoms with Crippen LogP contribution >= 0.6 is 0 Å². The summed E-state index contributed by atoms with van der Waals surface area (Å²) in [6, 6.07) is 30.1. The van der Waals surface area contributed by atoms with Crippen LogP contribution in [0.5, 0.6) is 0 Å². The van der Waals surface area contributed by atoms with Gasteiger partial charge in [-0.3, -0.25) is 0 Å². The maximum atomic E-state index is 6.65. The van der Waals surface area contributed by atoms with E-state index < -0.39 is 5.60 Å². The van der Waals surface area contributed by atoms with Crippen LogP contribution in [0.2, 0.25) is 0 Å². The second kappa shape index (κ2) is 7.98. The van der Waals surface area contributed by atoms with E-state index in [1.165, 1.54) is 22.4 Å². The first-order valence-corrected chi connectivity index (χ1v) is 9.91. The maximum Gasteiger partial charge on any atom is 0.120 e. The van der Waals surface area contributed by atoms with Gasteiger partial charge in [0.25, 0.3) is 0 Å². The summed E-state index contributed by atoms with van der Waals surface area (Å²) in [6.45, 7) is 4.83. The molecule has 4 rings (SSSR count). The Labute approximate surface area is 162 Å². The SMILES string of the molecule is CCc1ccccc1N1CCOC(c2ccccc2)(c2ccccc2)CC1. The first kappa shape index (κ1) is 17.8. The minimum absolute atomic E-state index is 0.390. The zero-order chi connectivity index (χ0) is 18.5. The number of anilines is 1. The molecule has 0 atom stereocenters. The number of aryl methyl sites for hydroxylation is 1. The molecule has 3 aromatic rings. The van der Waals surface area contributed by atoms with Crippen molar-refractivity contribution in [1.29, 1.82) is 0 Å². The first-order chi connectivity index (χ1) is 13.3. The molecule has 0 unspecified atom stereocenters. The summed E-state index contributed by atoms with van der Waals surface area (Å²) < 4.78 is 6.65. The summed E-state index contributed by atoms with van der Waals surface area (Å²) in [5, 5.41) is 0. The maximum absolute atomic E-state index is 6.65. The van der Waals surface area contributed by atoms with Gasteiger partial charge >= 0.3 is 0 Å². The smallest absolute Gasteiger partial charge is 0.120 e. The monoisotopic (exact) mass is 357 g/mol. The molecule has 27 heavy (non-hydrogen) atoms. The molecular weight excluding hydrogens is 330 g/mol. The normalized spacial score (nSPS) is 16.7. The summed E-state index contributed by atoms with van der Waals surface area (Å²) in [4.78, 5) is 2.49. The molecule has 0 aliphatic carbocycles. The highest BCUT2D eigenvalue weighted by molar-refractivity contribution is 5.54. The van der Waals surface area contributed by atoms with Crippen molar-refractivity contribution in [3.05, 3.63) is 102 Å². The van der Waals surface area contributed by atoms with Crippen molar-refractivity contribution in [3.8, 4) is 0 Å². The van der Waals surface area contributed by atoms with Crippen molar-refractivity contribution >= 4 is 5.69 Å². The topological polar surface area (TPSA) is 12.5 Å². The molecule has 138 valence electrons. The lowest BCUT2D eigenvalue weighted by Gasteiger charge is -2.34. The largest absolute Gasteiger partial charge is 0.369 e. The van der Waals surface area contributed by atoms with Gasteiger partial charge in [-0.2, -0.15) is 0 Å². The fourth-order valence-electron chi connectivity index (χ4n) is 4.20. The molecule has 1 fully saturated rings. The van der Waals surface area contributed by atoms with E-state index in [1.807, 2.05) is 0 Å². The zero-order valence-corrected chi connectivity index (χ0v) is 16.0. The molecule has 0 saturated carbocycles. The summed E-state index contributed by atoms with van der Waals surface area (Å²) >= 11 is 0. The Hall–Kier alpha value is -2.58. The van der Waals surface area contributed by atoms with Crippen LogP contribution in [-0.4, -0.2) is 19.7 Å². The Balaban J connectivity index is 1.71. The van der Waals surface area contributed by atoms with E-state index in [9.17, 15) is 0 Å². The van der Waals surface area contributed by atoms with Crippen molar-refractivity contribution in [2.75, 3.05) is 24.6 Å². The number of rotatable bonds is 4. The molecule has 0 amide bonds. The number of hydrogen-bond acceptors (Lipinski definition) is 2. The van der Waals surface area contributed by atoms with E-state index in [0.717, 1.165) is 25.9 Å². The van der Waals surface area contributed by atoms with Gasteiger partial charge in [-0.1, -0.05) is 85.8 Å². The van der Waals surface area contributed by atoms with Crippen molar-refractivity contribution in [3.63, 3.8) is 0 Å². The molecule has 3 aromatic carbocycles. The third-order valence-corrected chi connectivity index (χ3v) is 5.64. The van der Waals surface area contributed by atoms with E-state index in [0.29, 0.717) is 6.61 Å². The van der Waals surface area contributed by atoms with Gasteiger partial charge in [-0.15, -0.1) is 0 Å². The van der Waals surface area contributed by atoms with Crippen molar-refractivity contribution < 1.29 is 4.74 Å².